The van der Waals surface area contributed by atoms with E-state index in [4.69, 9.17) is 16.3 Å². The molecule has 0 aromatic heterocycles. The Hall–Kier alpha value is -3.03. The number of nitrogens with zero attached hydrogens (tertiary/aromatic N) is 1. The fraction of sp³-hybridized carbons (Fsp3) is 0.333. The van der Waals surface area contributed by atoms with Crippen LogP contribution in [0.15, 0.2) is 72.8 Å². The summed E-state index contributed by atoms with van der Waals surface area (Å²) in [6, 6.07) is 20.9. The van der Waals surface area contributed by atoms with Gasteiger partial charge in [0.05, 0.1) is 12.9 Å². The highest BCUT2D eigenvalue weighted by atomic mass is 35.5. The molecule has 0 heterocycles. The zero-order valence-corrected chi connectivity index (χ0v) is 23.5. The van der Waals surface area contributed by atoms with Gasteiger partial charge in [-0.15, -0.1) is 11.8 Å². The third-order valence-corrected chi connectivity index (χ3v) is 7.27. The summed E-state index contributed by atoms with van der Waals surface area (Å²) >= 11 is 7.44. The Labute approximate surface area is 233 Å². The summed E-state index contributed by atoms with van der Waals surface area (Å²) < 4.78 is 19.6. The summed E-state index contributed by atoms with van der Waals surface area (Å²) in [4.78, 5) is 28.8. The maximum absolute atomic E-state index is 14.3. The Morgan fingerprint density at radius 3 is 2.42 bits per heavy atom. The lowest BCUT2D eigenvalue weighted by Gasteiger charge is -2.32. The van der Waals surface area contributed by atoms with Crippen LogP contribution >= 0.6 is 23.4 Å². The van der Waals surface area contributed by atoms with Gasteiger partial charge in [-0.2, -0.15) is 0 Å². The van der Waals surface area contributed by atoms with Crippen LogP contribution < -0.4 is 10.1 Å². The van der Waals surface area contributed by atoms with Gasteiger partial charge in [0.15, 0.2) is 0 Å². The number of nitrogens with one attached hydrogen (secondary N) is 1. The molecule has 0 spiro atoms. The standard InChI is InChI=1S/C30H34ClFN2O3S/c1-21(2)17-33-30(36)28(16-22-9-5-4-6-10-22)34(18-23-11-7-12-24(15-23)37-3)29(35)20-38-19-25-26(31)13-8-14-27(25)32/h4-15,21,28H,16-20H2,1-3H3,(H,33,36). The highest BCUT2D eigenvalue weighted by Gasteiger charge is 2.30. The van der Waals surface area contributed by atoms with Gasteiger partial charge in [0.25, 0.3) is 0 Å². The van der Waals surface area contributed by atoms with Crippen LogP contribution in [0.1, 0.15) is 30.5 Å². The van der Waals surface area contributed by atoms with Crippen molar-refractivity contribution in [2.45, 2.75) is 38.6 Å². The molecule has 3 aromatic rings. The van der Waals surface area contributed by atoms with Crippen molar-refractivity contribution in [3.63, 3.8) is 0 Å². The molecule has 5 nitrogen and oxygen atoms in total. The van der Waals surface area contributed by atoms with E-state index in [1.165, 1.54) is 17.8 Å². The minimum absolute atomic E-state index is 0.0668. The molecule has 0 aliphatic carbocycles. The first kappa shape index (κ1) is 29.5. The van der Waals surface area contributed by atoms with Gasteiger partial charge >= 0.3 is 0 Å². The minimum atomic E-state index is -0.729. The number of amides is 2. The molecule has 0 aliphatic rings. The molecule has 0 saturated carbocycles. The van der Waals surface area contributed by atoms with Crippen LogP contribution in [0.3, 0.4) is 0 Å². The normalized spacial score (nSPS) is 11.7. The number of methoxy groups -OCH3 is 1. The second-order valence-corrected chi connectivity index (χ2v) is 10.8. The summed E-state index contributed by atoms with van der Waals surface area (Å²) in [5, 5.41) is 3.34. The van der Waals surface area contributed by atoms with Crippen molar-refractivity contribution in [1.29, 1.82) is 0 Å². The Balaban J connectivity index is 1.88. The fourth-order valence-electron chi connectivity index (χ4n) is 3.94. The van der Waals surface area contributed by atoms with Gasteiger partial charge in [-0.05, 0) is 41.3 Å². The highest BCUT2D eigenvalue weighted by molar-refractivity contribution is 7.99. The van der Waals surface area contributed by atoms with E-state index in [2.05, 4.69) is 5.32 Å². The van der Waals surface area contributed by atoms with Crippen LogP contribution in [0.5, 0.6) is 5.75 Å². The molecule has 2 amide bonds. The molecule has 3 aromatic carbocycles. The number of hydrogen-bond donors (Lipinski definition) is 1. The molecule has 0 fully saturated rings. The maximum Gasteiger partial charge on any atom is 0.243 e. The lowest BCUT2D eigenvalue weighted by molar-refractivity contribution is -0.139. The molecular formula is C30H34ClFN2O3S. The number of carbonyl (C=O) groups is 2. The average Bonchev–Trinajstić information content (AvgIpc) is 2.91. The van der Waals surface area contributed by atoms with E-state index in [0.717, 1.165) is 11.1 Å². The molecule has 38 heavy (non-hydrogen) atoms. The van der Waals surface area contributed by atoms with Crippen molar-refractivity contribution in [2.75, 3.05) is 19.4 Å². The topological polar surface area (TPSA) is 58.6 Å². The van der Waals surface area contributed by atoms with E-state index in [1.54, 1.807) is 24.1 Å². The van der Waals surface area contributed by atoms with Crippen molar-refractivity contribution < 1.29 is 18.7 Å². The van der Waals surface area contributed by atoms with E-state index >= 15 is 0 Å². The van der Waals surface area contributed by atoms with E-state index < -0.39 is 11.9 Å². The number of hydrogen-bond acceptors (Lipinski definition) is 4. The Morgan fingerprint density at radius 1 is 1.03 bits per heavy atom. The predicted octanol–water partition coefficient (Wildman–Crippen LogP) is 6.13. The molecule has 0 saturated heterocycles. The second-order valence-electron chi connectivity index (χ2n) is 9.41. The van der Waals surface area contributed by atoms with Crippen LogP contribution in [-0.2, 0) is 28.3 Å². The number of carbonyl (C=O) groups excluding carboxylic acids is 2. The third kappa shape index (κ3) is 8.77. The van der Waals surface area contributed by atoms with Gasteiger partial charge in [-0.25, -0.2) is 4.39 Å². The van der Waals surface area contributed by atoms with Crippen molar-refractivity contribution in [3.8, 4) is 5.75 Å². The monoisotopic (exact) mass is 556 g/mol. The summed E-state index contributed by atoms with van der Waals surface area (Å²) in [5.74, 6) is 0.416. The molecule has 0 radical (unpaired) electrons. The zero-order chi connectivity index (χ0) is 27.5. The highest BCUT2D eigenvalue weighted by Crippen LogP contribution is 2.25. The quantitative estimate of drug-likeness (QED) is 0.275. The first-order valence-electron chi connectivity index (χ1n) is 12.5. The van der Waals surface area contributed by atoms with Crippen LogP contribution in [0.25, 0.3) is 0 Å². The molecule has 3 rings (SSSR count). The van der Waals surface area contributed by atoms with Crippen LogP contribution in [0.4, 0.5) is 4.39 Å². The van der Waals surface area contributed by atoms with Crippen molar-refractivity contribution in [2.24, 2.45) is 5.92 Å². The SMILES string of the molecule is COc1cccc(CN(C(=O)CSCc2c(F)cccc2Cl)C(Cc2ccccc2)C(=O)NCC(C)C)c1. The summed E-state index contributed by atoms with van der Waals surface area (Å²) in [5.41, 5.74) is 2.16. The molecule has 8 heteroatoms. The Kier molecular flexibility index (Phi) is 11.5. The summed E-state index contributed by atoms with van der Waals surface area (Å²) in [6.45, 7) is 4.78. The largest absolute Gasteiger partial charge is 0.497 e. The number of thioether (sulfide) groups is 1. The van der Waals surface area contributed by atoms with Gasteiger partial charge in [0.2, 0.25) is 11.8 Å². The number of ether oxygens (including phenoxy) is 1. The first-order valence-corrected chi connectivity index (χ1v) is 14.1. The van der Waals surface area contributed by atoms with Crippen LogP contribution in [0, 0.1) is 11.7 Å². The number of rotatable bonds is 13. The molecular weight excluding hydrogens is 523 g/mol. The third-order valence-electron chi connectivity index (χ3n) is 5.98. The van der Waals surface area contributed by atoms with E-state index in [1.807, 2.05) is 68.4 Å². The molecule has 202 valence electrons. The van der Waals surface area contributed by atoms with Gasteiger partial charge in [0.1, 0.15) is 17.6 Å². The van der Waals surface area contributed by atoms with Gasteiger partial charge in [-0.3, -0.25) is 9.59 Å². The average molecular weight is 557 g/mol. The lowest BCUT2D eigenvalue weighted by atomic mass is 10.0. The van der Waals surface area contributed by atoms with Crippen molar-refractivity contribution in [3.05, 3.63) is 100 Å². The lowest BCUT2D eigenvalue weighted by Crippen LogP contribution is -2.51. The molecule has 1 N–H and O–H groups in total. The summed E-state index contributed by atoms with van der Waals surface area (Å²) in [6.07, 6.45) is 0.365. The van der Waals surface area contributed by atoms with Gasteiger partial charge in [0, 0.05) is 35.8 Å². The maximum atomic E-state index is 14.3. The predicted molar refractivity (Wildman–Crippen MR) is 153 cm³/mol. The Morgan fingerprint density at radius 2 is 1.74 bits per heavy atom. The van der Waals surface area contributed by atoms with Crippen molar-refractivity contribution in [1.82, 2.24) is 10.2 Å². The first-order chi connectivity index (χ1) is 18.3. The van der Waals surface area contributed by atoms with Crippen molar-refractivity contribution >= 4 is 35.2 Å². The molecule has 0 aliphatic heterocycles. The smallest absolute Gasteiger partial charge is 0.243 e. The van der Waals surface area contributed by atoms with E-state index in [-0.39, 0.29) is 35.8 Å². The number of halogens is 2. The minimum Gasteiger partial charge on any atom is -0.497 e. The fourth-order valence-corrected chi connectivity index (χ4v) is 5.19. The van der Waals surface area contributed by atoms with Crippen LogP contribution in [-0.4, -0.2) is 42.2 Å². The zero-order valence-electron chi connectivity index (χ0n) is 22.0. The van der Waals surface area contributed by atoms with E-state index in [0.29, 0.717) is 29.3 Å². The second kappa shape index (κ2) is 14.8. The number of benzene rings is 3. The van der Waals surface area contributed by atoms with E-state index in [9.17, 15) is 14.0 Å². The van der Waals surface area contributed by atoms with Gasteiger partial charge < -0.3 is 15.0 Å². The molecule has 0 bridgehead atoms. The summed E-state index contributed by atoms with van der Waals surface area (Å²) in [7, 11) is 1.59. The molecule has 1 unspecified atom stereocenters. The van der Waals surface area contributed by atoms with Crippen LogP contribution in [0.2, 0.25) is 5.02 Å². The Bertz CT molecular complexity index is 1190. The molecule has 1 atom stereocenters. The van der Waals surface area contributed by atoms with Gasteiger partial charge in [-0.1, -0.05) is 74.0 Å².